The van der Waals surface area contributed by atoms with Gasteiger partial charge in [-0.2, -0.15) is 0 Å². The van der Waals surface area contributed by atoms with Gasteiger partial charge in [0, 0.05) is 19.1 Å². The van der Waals surface area contributed by atoms with E-state index in [9.17, 15) is 0 Å². The van der Waals surface area contributed by atoms with Gasteiger partial charge in [0.05, 0.1) is 46.8 Å². The fourth-order valence-electron chi connectivity index (χ4n) is 5.66. The van der Waals surface area contributed by atoms with Crippen LogP contribution in [-0.2, 0) is 50.8 Å². The van der Waals surface area contributed by atoms with E-state index in [0.717, 1.165) is 44.1 Å². The standard InChI is InChI=1S/C23H31BO5.C17H19BrO3.C6H12B2O2.C6H14O2.H2/c1-7-25-16-26-15-18-14-20(27-19-10-8-17(2)9-11-19)12-13-21(18)24-28-22(3,4)23(5,6)29-24;1-3-19-12-20-11-14-10-16(8-9-17(14)18)21-15-6-4-13(2)5-7-15;1-5(2)6(3,4)10-8(7)9-5;1-5(2,7)6(3,4)8;/h8-14H,7,15-16H2,1-6H3;4-10H,3,11-12H2,1-2H3;1-4H3;7-8H,1-4H3;1H/i;;;;1+1. The van der Waals surface area contributed by atoms with Crippen LogP contribution in [0.25, 0.3) is 0 Å². The molecule has 2 aliphatic heterocycles. The van der Waals surface area contributed by atoms with Crippen LogP contribution in [0.15, 0.2) is 89.4 Å². The van der Waals surface area contributed by atoms with Gasteiger partial charge in [0.25, 0.3) is 0 Å². The van der Waals surface area contributed by atoms with Crippen molar-refractivity contribution in [3.05, 3.63) is 112 Å². The number of aliphatic hydroxyl groups is 2. The van der Waals surface area contributed by atoms with E-state index in [-0.39, 0.29) is 19.4 Å². The number of aryl methyl sites for hydroxylation is 2. The predicted octanol–water partition coefficient (Wildman–Crippen LogP) is 11.2. The van der Waals surface area contributed by atoms with Crippen molar-refractivity contribution in [3.63, 3.8) is 0 Å². The van der Waals surface area contributed by atoms with Gasteiger partial charge >= 0.3 is 14.1 Å². The number of benzene rings is 4. The van der Waals surface area contributed by atoms with E-state index < -0.39 is 36.5 Å². The highest BCUT2D eigenvalue weighted by atomic mass is 79.9. The summed E-state index contributed by atoms with van der Waals surface area (Å²) in [5.41, 5.74) is 1.93. The van der Waals surface area contributed by atoms with E-state index >= 15 is 0 Å². The molecule has 2 aliphatic rings. The van der Waals surface area contributed by atoms with Gasteiger partial charge < -0.3 is 57.3 Å². The zero-order valence-corrected chi connectivity index (χ0v) is 45.0. The Morgan fingerprint density at radius 1 is 0.544 bits per heavy atom. The Morgan fingerprint density at radius 2 is 0.897 bits per heavy atom. The van der Waals surface area contributed by atoms with E-state index in [1.807, 2.05) is 154 Å². The Balaban J connectivity index is 0.000000354. The van der Waals surface area contributed by atoms with Gasteiger partial charge in [-0.05, 0) is 182 Å². The summed E-state index contributed by atoms with van der Waals surface area (Å²) in [5.74, 6) is 3.14. The van der Waals surface area contributed by atoms with E-state index in [4.69, 9.17) is 65.0 Å². The summed E-state index contributed by atoms with van der Waals surface area (Å²) in [5, 5.41) is 18.2. The largest absolute Gasteiger partial charge is 0.495 e. The molecule has 2 radical (unpaired) electrons. The number of ether oxygens (including phenoxy) is 6. The van der Waals surface area contributed by atoms with Crippen molar-refractivity contribution < 1.29 is 58.7 Å². The lowest BCUT2D eigenvalue weighted by atomic mass is 9.63. The Bertz CT molecular complexity index is 2080. The number of rotatable bonds is 16. The molecule has 4 aromatic carbocycles. The molecule has 6 rings (SSSR count). The summed E-state index contributed by atoms with van der Waals surface area (Å²) < 4.78 is 57.6. The molecule has 0 spiro atoms. The van der Waals surface area contributed by atoms with Crippen molar-refractivity contribution in [2.75, 3.05) is 26.8 Å². The molecule has 0 atom stereocenters. The molecule has 12 nitrogen and oxygen atoms in total. The quantitative estimate of drug-likeness (QED) is 0.0629. The van der Waals surface area contributed by atoms with Crippen molar-refractivity contribution in [3.8, 4) is 23.0 Å². The van der Waals surface area contributed by atoms with Crippen LogP contribution < -0.4 is 14.9 Å². The van der Waals surface area contributed by atoms with E-state index in [2.05, 4.69) is 29.8 Å². The van der Waals surface area contributed by atoms with Crippen LogP contribution >= 0.6 is 15.9 Å². The molecule has 0 amide bonds. The summed E-state index contributed by atoms with van der Waals surface area (Å²) in [6.45, 7) is 33.0. The Hall–Kier alpha value is -3.25. The normalized spacial score (nSPS) is 16.7. The first-order valence-electron chi connectivity index (χ1n) is 23.1. The number of hydrogen-bond acceptors (Lipinski definition) is 12. The molecule has 16 heteroatoms. The van der Waals surface area contributed by atoms with Crippen molar-refractivity contribution >= 4 is 43.3 Å². The Morgan fingerprint density at radius 3 is 1.26 bits per heavy atom. The summed E-state index contributed by atoms with van der Waals surface area (Å²) >= 11 is 3.52. The molecule has 0 bridgehead atoms. The fourth-order valence-corrected chi connectivity index (χ4v) is 6.02. The lowest BCUT2D eigenvalue weighted by molar-refractivity contribution is -0.107. The third kappa shape index (κ3) is 18.5. The van der Waals surface area contributed by atoms with Crippen molar-refractivity contribution in [2.24, 2.45) is 0 Å². The lowest BCUT2D eigenvalue weighted by Crippen LogP contribution is -2.44. The zero-order chi connectivity index (χ0) is 51.1. The minimum Gasteiger partial charge on any atom is -0.457 e. The molecule has 2 N–H and O–H groups in total. The molecule has 2 saturated heterocycles. The van der Waals surface area contributed by atoms with Gasteiger partial charge in [0.2, 0.25) is 0 Å². The molecule has 68 heavy (non-hydrogen) atoms. The summed E-state index contributed by atoms with van der Waals surface area (Å²) in [6, 6.07) is 27.7. The second-order valence-corrected chi connectivity index (χ2v) is 20.5. The van der Waals surface area contributed by atoms with E-state index in [0.29, 0.717) is 33.2 Å². The van der Waals surface area contributed by atoms with E-state index in [1.54, 1.807) is 27.7 Å². The van der Waals surface area contributed by atoms with Gasteiger partial charge in [-0.1, -0.05) is 57.4 Å². The van der Waals surface area contributed by atoms with Crippen molar-refractivity contribution in [2.45, 2.75) is 158 Å². The molecule has 0 aromatic heterocycles. The third-order valence-electron chi connectivity index (χ3n) is 12.2. The van der Waals surface area contributed by atoms with Gasteiger partial charge in [-0.15, -0.1) is 0 Å². The molecule has 2 heterocycles. The number of hydrogen-bond donors (Lipinski definition) is 2. The SMILES string of the molecule is CC(C)(O)C(C)(C)O.CCOCOCc1cc(Oc2ccc(C)cc2)ccc1B1OC(C)(C)C(C)(C)O1.CCOCOCc1cc(Oc2ccc(C)cc2)ccc1Br.[2HH].[B]B1OC(C)(C)C(C)(C)O1. The van der Waals surface area contributed by atoms with Crippen molar-refractivity contribution in [1.82, 2.24) is 0 Å². The maximum Gasteiger partial charge on any atom is 0.495 e. The van der Waals surface area contributed by atoms with Crippen LogP contribution in [0.4, 0.5) is 0 Å². The second-order valence-electron chi connectivity index (χ2n) is 19.7. The van der Waals surface area contributed by atoms with Crippen molar-refractivity contribution in [1.29, 1.82) is 0 Å². The monoisotopic (exact) mass is 1010 g/mol. The second kappa shape index (κ2) is 25.7. The molecule has 0 unspecified atom stereocenters. The Labute approximate surface area is 419 Å². The van der Waals surface area contributed by atoms with Crippen LogP contribution in [0, 0.1) is 13.8 Å². The molecule has 0 aliphatic carbocycles. The predicted molar refractivity (Wildman–Crippen MR) is 278 cm³/mol. The molecular formula is C52H78B3BrO12. The third-order valence-corrected chi connectivity index (χ3v) is 13.0. The minimum atomic E-state index is -1.01. The first-order chi connectivity index (χ1) is 31.5. The van der Waals surface area contributed by atoms with Crippen LogP contribution in [0.3, 0.4) is 0 Å². The molecule has 2 fully saturated rings. The van der Waals surface area contributed by atoms with Crippen LogP contribution in [0.2, 0.25) is 0 Å². The average molecular weight is 1010 g/mol. The highest BCUT2D eigenvalue weighted by Gasteiger charge is 2.52. The zero-order valence-electron chi connectivity index (χ0n) is 43.4. The first kappa shape index (κ1) is 59.1. The van der Waals surface area contributed by atoms with Crippen LogP contribution in [0.5, 0.6) is 23.0 Å². The van der Waals surface area contributed by atoms with Gasteiger partial charge in [-0.3, -0.25) is 0 Å². The maximum atomic E-state index is 9.10. The smallest absolute Gasteiger partial charge is 0.457 e. The topological polar surface area (TPSA) is 133 Å². The van der Waals surface area contributed by atoms with Gasteiger partial charge in [0.15, 0.2) is 0 Å². The molecular weight excluding hydrogens is 929 g/mol. The van der Waals surface area contributed by atoms with Crippen LogP contribution in [-0.4, -0.2) is 92.5 Å². The average Bonchev–Trinajstić information content (AvgIpc) is 3.57. The summed E-state index contributed by atoms with van der Waals surface area (Å²) in [7, 11) is 4.42. The summed E-state index contributed by atoms with van der Waals surface area (Å²) in [6.07, 6.45) is 0. The van der Waals surface area contributed by atoms with Gasteiger partial charge in [0.1, 0.15) is 44.3 Å². The van der Waals surface area contributed by atoms with Gasteiger partial charge in [-0.25, -0.2) is 0 Å². The van der Waals surface area contributed by atoms with Crippen LogP contribution in [0.1, 0.15) is 121 Å². The maximum absolute atomic E-state index is 9.10. The highest BCUT2D eigenvalue weighted by Crippen LogP contribution is 2.38. The highest BCUT2D eigenvalue weighted by molar-refractivity contribution is 9.10. The fraction of sp³-hybridized carbons (Fsp3) is 0.538. The summed E-state index contributed by atoms with van der Waals surface area (Å²) in [4.78, 5) is 0. The molecule has 4 aromatic rings. The van der Waals surface area contributed by atoms with E-state index in [1.165, 1.54) is 11.1 Å². The minimum absolute atomic E-state index is 0. The number of halogens is 1. The molecule has 0 saturated carbocycles. The molecule has 374 valence electrons. The Kier molecular flexibility index (Phi) is 22.4. The first-order valence-corrected chi connectivity index (χ1v) is 23.9. The lowest BCUT2D eigenvalue weighted by Gasteiger charge is -2.32.